The lowest BCUT2D eigenvalue weighted by atomic mass is 9.95. The molecule has 0 amide bonds. The van der Waals surface area contributed by atoms with Crippen LogP contribution in [-0.4, -0.2) is 29.1 Å². The number of carbonyl (C=O) groups is 1. The third-order valence-electron chi connectivity index (χ3n) is 4.12. The summed E-state index contributed by atoms with van der Waals surface area (Å²) in [5.41, 5.74) is 1.47. The zero-order valence-corrected chi connectivity index (χ0v) is 13.5. The molecule has 0 bridgehead atoms. The van der Waals surface area contributed by atoms with Gasteiger partial charge in [0.25, 0.3) is 0 Å². The molecular formula is C16H16F2N2O2S. The van der Waals surface area contributed by atoms with Crippen LogP contribution in [-0.2, 0) is 9.53 Å². The van der Waals surface area contributed by atoms with E-state index in [0.29, 0.717) is 21.9 Å². The van der Waals surface area contributed by atoms with E-state index in [1.54, 1.807) is 6.92 Å². The van der Waals surface area contributed by atoms with E-state index in [2.05, 4.69) is 5.32 Å². The van der Waals surface area contributed by atoms with Gasteiger partial charge in [0.2, 0.25) is 0 Å². The van der Waals surface area contributed by atoms with Gasteiger partial charge in [-0.15, -0.1) is 0 Å². The van der Waals surface area contributed by atoms with Gasteiger partial charge in [-0.3, -0.25) is 0 Å². The Morgan fingerprint density at radius 3 is 2.61 bits per heavy atom. The second-order valence-corrected chi connectivity index (χ2v) is 6.03. The number of rotatable bonds is 3. The molecule has 0 saturated heterocycles. The Kier molecular flexibility index (Phi) is 4.06. The predicted molar refractivity (Wildman–Crippen MR) is 84.4 cm³/mol. The first-order valence-electron chi connectivity index (χ1n) is 7.27. The molecule has 3 rings (SSSR count). The molecule has 1 aliphatic heterocycles. The van der Waals surface area contributed by atoms with Gasteiger partial charge in [-0.2, -0.15) is 0 Å². The first-order valence-corrected chi connectivity index (χ1v) is 7.68. The van der Waals surface area contributed by atoms with E-state index in [0.717, 1.165) is 25.0 Å². The van der Waals surface area contributed by atoms with E-state index in [1.807, 2.05) is 4.90 Å². The number of nitrogens with zero attached hydrogens (tertiary/aromatic N) is 1. The summed E-state index contributed by atoms with van der Waals surface area (Å²) < 4.78 is 31.6. The van der Waals surface area contributed by atoms with Crippen molar-refractivity contribution in [1.29, 1.82) is 0 Å². The predicted octanol–water partition coefficient (Wildman–Crippen LogP) is 2.81. The van der Waals surface area contributed by atoms with Gasteiger partial charge < -0.3 is 15.0 Å². The minimum Gasteiger partial charge on any atom is -0.466 e. The number of hydrogen-bond donors (Lipinski definition) is 1. The lowest BCUT2D eigenvalue weighted by molar-refractivity contribution is -0.136. The molecule has 0 radical (unpaired) electrons. The summed E-state index contributed by atoms with van der Waals surface area (Å²) >= 11 is 5.39. The number of esters is 1. The number of benzene rings is 1. The molecule has 0 aromatic heterocycles. The fraction of sp³-hybridized carbons (Fsp3) is 0.375. The number of methoxy groups -OCH3 is 1. The third kappa shape index (κ3) is 2.81. The molecule has 7 heteroatoms. The lowest BCUT2D eigenvalue weighted by Crippen LogP contribution is -2.48. The molecular weight excluding hydrogens is 322 g/mol. The topological polar surface area (TPSA) is 41.6 Å². The SMILES string of the molecule is COC(=O)C1=C(C)N(C2CC2)C(=S)N[C@H]1c1ccc(F)c(F)c1. The van der Waals surface area contributed by atoms with Crippen molar-refractivity contribution < 1.29 is 18.3 Å². The van der Waals surface area contributed by atoms with Gasteiger partial charge in [-0.1, -0.05) is 6.07 Å². The molecule has 1 fully saturated rings. The van der Waals surface area contributed by atoms with Crippen LogP contribution in [0.1, 0.15) is 31.4 Å². The molecule has 0 unspecified atom stereocenters. The highest BCUT2D eigenvalue weighted by Gasteiger charge is 2.40. The first-order chi connectivity index (χ1) is 10.9. The van der Waals surface area contributed by atoms with E-state index < -0.39 is 23.6 Å². The number of ether oxygens (including phenoxy) is 1. The number of carbonyl (C=O) groups excluding carboxylic acids is 1. The highest BCUT2D eigenvalue weighted by Crippen LogP contribution is 2.38. The van der Waals surface area contributed by atoms with E-state index in [4.69, 9.17) is 17.0 Å². The van der Waals surface area contributed by atoms with Crippen LogP contribution >= 0.6 is 12.2 Å². The highest BCUT2D eigenvalue weighted by molar-refractivity contribution is 7.80. The number of hydrogen-bond acceptors (Lipinski definition) is 3. The molecule has 1 aromatic carbocycles. The van der Waals surface area contributed by atoms with Crippen LogP contribution < -0.4 is 5.32 Å². The molecule has 1 N–H and O–H groups in total. The van der Waals surface area contributed by atoms with Gasteiger partial charge in [-0.05, 0) is 49.7 Å². The minimum atomic E-state index is -0.971. The Morgan fingerprint density at radius 1 is 1.35 bits per heavy atom. The zero-order chi connectivity index (χ0) is 16.7. The van der Waals surface area contributed by atoms with Crippen molar-refractivity contribution in [2.75, 3.05) is 7.11 Å². The molecule has 1 heterocycles. The van der Waals surface area contributed by atoms with Crippen molar-refractivity contribution in [1.82, 2.24) is 10.2 Å². The van der Waals surface area contributed by atoms with Gasteiger partial charge in [0, 0.05) is 11.7 Å². The van der Waals surface area contributed by atoms with Gasteiger partial charge >= 0.3 is 5.97 Å². The summed E-state index contributed by atoms with van der Waals surface area (Å²) in [5, 5.41) is 3.54. The molecule has 0 spiro atoms. The average molecular weight is 338 g/mol. The standard InChI is InChI=1S/C16H16F2N2O2S/c1-8-13(15(21)22-2)14(9-3-6-11(17)12(18)7-9)19-16(23)20(8)10-4-5-10/h3,6-7,10,14H,4-5H2,1-2H3,(H,19,23)/t14-/m0/s1. The lowest BCUT2D eigenvalue weighted by Gasteiger charge is -2.37. The molecule has 2 aliphatic rings. The first kappa shape index (κ1) is 15.9. The fourth-order valence-electron chi connectivity index (χ4n) is 2.85. The van der Waals surface area contributed by atoms with E-state index >= 15 is 0 Å². The van der Waals surface area contributed by atoms with Crippen LogP contribution in [0.5, 0.6) is 0 Å². The molecule has 1 aromatic rings. The van der Waals surface area contributed by atoms with Crippen LogP contribution in [0.2, 0.25) is 0 Å². The summed E-state index contributed by atoms with van der Waals surface area (Å²) in [4.78, 5) is 14.2. The van der Waals surface area contributed by atoms with Gasteiger partial charge in [0.05, 0.1) is 18.7 Å². The quantitative estimate of drug-likeness (QED) is 0.678. The van der Waals surface area contributed by atoms with Gasteiger partial charge in [0.15, 0.2) is 16.7 Å². The molecule has 1 aliphatic carbocycles. The molecule has 1 saturated carbocycles. The summed E-state index contributed by atoms with van der Waals surface area (Å²) in [6.45, 7) is 1.80. The largest absolute Gasteiger partial charge is 0.466 e. The van der Waals surface area contributed by atoms with Crippen LogP contribution in [0.15, 0.2) is 29.5 Å². The highest BCUT2D eigenvalue weighted by atomic mass is 32.1. The van der Waals surface area contributed by atoms with Crippen molar-refractivity contribution in [3.8, 4) is 0 Å². The van der Waals surface area contributed by atoms with Crippen molar-refractivity contribution in [3.05, 3.63) is 46.7 Å². The van der Waals surface area contributed by atoms with E-state index in [9.17, 15) is 13.6 Å². The maximum Gasteiger partial charge on any atom is 0.337 e. The number of halogens is 2. The summed E-state index contributed by atoms with van der Waals surface area (Å²) in [7, 11) is 1.29. The van der Waals surface area contributed by atoms with E-state index in [-0.39, 0.29) is 6.04 Å². The Morgan fingerprint density at radius 2 is 2.04 bits per heavy atom. The Bertz CT molecular complexity index is 716. The summed E-state index contributed by atoms with van der Waals surface area (Å²) in [5.74, 6) is -2.42. The Hall–Kier alpha value is -2.02. The molecule has 23 heavy (non-hydrogen) atoms. The summed E-state index contributed by atoms with van der Waals surface area (Å²) in [6.07, 6.45) is 2.01. The normalized spacial score (nSPS) is 21.3. The Labute approximate surface area is 138 Å². The maximum absolute atomic E-state index is 13.6. The monoisotopic (exact) mass is 338 g/mol. The van der Waals surface area contributed by atoms with Gasteiger partial charge in [-0.25, -0.2) is 13.6 Å². The third-order valence-corrected chi connectivity index (χ3v) is 4.44. The minimum absolute atomic E-state index is 0.278. The summed E-state index contributed by atoms with van der Waals surface area (Å²) in [6, 6.07) is 3.15. The van der Waals surface area contributed by atoms with Crippen molar-refractivity contribution in [3.63, 3.8) is 0 Å². The van der Waals surface area contributed by atoms with Crippen molar-refractivity contribution >= 4 is 23.3 Å². The number of nitrogens with one attached hydrogen (secondary N) is 1. The zero-order valence-electron chi connectivity index (χ0n) is 12.7. The number of thiocarbonyl (C=S) groups is 1. The second-order valence-electron chi connectivity index (χ2n) is 5.65. The van der Waals surface area contributed by atoms with Crippen LogP contribution in [0.4, 0.5) is 8.78 Å². The maximum atomic E-state index is 13.6. The average Bonchev–Trinajstić information content (AvgIpc) is 3.33. The molecule has 4 nitrogen and oxygen atoms in total. The molecule has 122 valence electrons. The van der Waals surface area contributed by atoms with E-state index in [1.165, 1.54) is 13.2 Å². The van der Waals surface area contributed by atoms with Crippen LogP contribution in [0, 0.1) is 11.6 Å². The van der Waals surface area contributed by atoms with Crippen LogP contribution in [0.25, 0.3) is 0 Å². The second kappa shape index (κ2) is 5.88. The molecule has 1 atom stereocenters. The fourth-order valence-corrected chi connectivity index (χ4v) is 3.25. The van der Waals surface area contributed by atoms with Gasteiger partial charge in [0.1, 0.15) is 0 Å². The van der Waals surface area contributed by atoms with Crippen molar-refractivity contribution in [2.45, 2.75) is 31.8 Å². The van der Waals surface area contributed by atoms with Crippen LogP contribution in [0.3, 0.4) is 0 Å². The Balaban J connectivity index is 2.08. The number of allylic oxidation sites excluding steroid dienone is 1. The van der Waals surface area contributed by atoms with Crippen molar-refractivity contribution in [2.24, 2.45) is 0 Å². The smallest absolute Gasteiger partial charge is 0.337 e.